The Kier molecular flexibility index (Phi) is 8.27. The SMILES string of the molecule is CCCC(C)CO[Si](N)(OCC)OCC. The third kappa shape index (κ3) is 7.02. The molecule has 0 saturated heterocycles. The van der Waals surface area contributed by atoms with Gasteiger partial charge in [-0.2, -0.15) is 0 Å². The fraction of sp³-hybridized carbons (Fsp3) is 1.00. The average molecular weight is 235 g/mol. The molecule has 1 atom stereocenters. The summed E-state index contributed by atoms with van der Waals surface area (Å²) in [5, 5.41) is 5.94. The van der Waals surface area contributed by atoms with Crippen LogP contribution in [0.2, 0.25) is 0 Å². The molecule has 0 spiro atoms. The van der Waals surface area contributed by atoms with E-state index in [0.29, 0.717) is 25.7 Å². The highest BCUT2D eigenvalue weighted by atomic mass is 28.4. The lowest BCUT2D eigenvalue weighted by Gasteiger charge is -2.25. The van der Waals surface area contributed by atoms with E-state index in [2.05, 4.69) is 13.8 Å². The molecule has 2 N–H and O–H groups in total. The molecule has 0 aromatic carbocycles. The minimum Gasteiger partial charge on any atom is -0.362 e. The van der Waals surface area contributed by atoms with E-state index in [4.69, 9.17) is 18.7 Å². The van der Waals surface area contributed by atoms with Crippen molar-refractivity contribution >= 4 is 8.97 Å². The standard InChI is InChI=1S/C10H25NO3Si/c1-5-8-10(4)9-14-15(11,12-6-2)13-7-3/h10H,5-9,11H2,1-4H3. The summed E-state index contributed by atoms with van der Waals surface area (Å²) in [4.78, 5) is 0. The van der Waals surface area contributed by atoms with Crippen LogP contribution in [0.1, 0.15) is 40.5 Å². The minimum atomic E-state index is -2.84. The van der Waals surface area contributed by atoms with Gasteiger partial charge in [-0.3, -0.25) is 5.40 Å². The maximum absolute atomic E-state index is 5.94. The molecule has 0 aromatic heterocycles. The largest absolute Gasteiger partial charge is 0.594 e. The normalized spacial score (nSPS) is 14.2. The molecular weight excluding hydrogens is 210 g/mol. The van der Waals surface area contributed by atoms with E-state index in [1.807, 2.05) is 13.8 Å². The highest BCUT2D eigenvalue weighted by Crippen LogP contribution is 2.09. The highest BCUT2D eigenvalue weighted by molar-refractivity contribution is 6.56. The van der Waals surface area contributed by atoms with Crippen LogP contribution < -0.4 is 5.40 Å². The van der Waals surface area contributed by atoms with Crippen LogP contribution in [0.3, 0.4) is 0 Å². The molecule has 92 valence electrons. The van der Waals surface area contributed by atoms with Crippen LogP contribution in [0.4, 0.5) is 0 Å². The van der Waals surface area contributed by atoms with Gasteiger partial charge >= 0.3 is 8.97 Å². The van der Waals surface area contributed by atoms with Gasteiger partial charge in [0.2, 0.25) is 0 Å². The summed E-state index contributed by atoms with van der Waals surface area (Å²) in [6.45, 7) is 9.79. The topological polar surface area (TPSA) is 53.7 Å². The molecular formula is C10H25NO3Si. The first-order valence-electron chi connectivity index (χ1n) is 5.78. The van der Waals surface area contributed by atoms with Crippen molar-refractivity contribution in [1.29, 1.82) is 0 Å². The molecule has 0 radical (unpaired) electrons. The maximum Gasteiger partial charge on any atom is 0.594 e. The molecule has 0 amide bonds. The van der Waals surface area contributed by atoms with Gasteiger partial charge in [0.1, 0.15) is 0 Å². The smallest absolute Gasteiger partial charge is 0.362 e. The van der Waals surface area contributed by atoms with Crippen LogP contribution in [0, 0.1) is 5.92 Å². The molecule has 5 heteroatoms. The molecule has 1 unspecified atom stereocenters. The fourth-order valence-corrected chi connectivity index (χ4v) is 2.93. The summed E-state index contributed by atoms with van der Waals surface area (Å²) in [6, 6.07) is 0. The monoisotopic (exact) mass is 235 g/mol. The maximum atomic E-state index is 5.94. The Morgan fingerprint density at radius 3 is 2.00 bits per heavy atom. The molecule has 0 saturated carbocycles. The van der Waals surface area contributed by atoms with Gasteiger partial charge in [0, 0.05) is 19.8 Å². The molecule has 0 bridgehead atoms. The van der Waals surface area contributed by atoms with Crippen LogP contribution >= 0.6 is 0 Å². The molecule has 0 aliphatic rings. The van der Waals surface area contributed by atoms with E-state index in [1.165, 1.54) is 0 Å². The van der Waals surface area contributed by atoms with Crippen molar-refractivity contribution in [3.63, 3.8) is 0 Å². The van der Waals surface area contributed by atoms with Gasteiger partial charge in [0.15, 0.2) is 0 Å². The number of hydrogen-bond donors (Lipinski definition) is 1. The third-order valence-corrected chi connectivity index (χ3v) is 3.99. The van der Waals surface area contributed by atoms with Gasteiger partial charge < -0.3 is 13.3 Å². The van der Waals surface area contributed by atoms with Gasteiger partial charge in [-0.05, 0) is 26.2 Å². The predicted molar refractivity (Wildman–Crippen MR) is 63.2 cm³/mol. The first-order chi connectivity index (χ1) is 7.08. The second kappa shape index (κ2) is 8.24. The highest BCUT2D eigenvalue weighted by Gasteiger charge is 2.36. The van der Waals surface area contributed by atoms with Crippen molar-refractivity contribution in [2.45, 2.75) is 40.5 Å². The van der Waals surface area contributed by atoms with E-state index in [1.54, 1.807) is 0 Å². The molecule has 0 aromatic rings. The van der Waals surface area contributed by atoms with E-state index < -0.39 is 8.97 Å². The van der Waals surface area contributed by atoms with Crippen molar-refractivity contribution in [2.75, 3.05) is 19.8 Å². The lowest BCUT2D eigenvalue weighted by molar-refractivity contribution is 0.0563. The summed E-state index contributed by atoms with van der Waals surface area (Å²) in [5.41, 5.74) is 0. The third-order valence-electron chi connectivity index (χ3n) is 2.04. The van der Waals surface area contributed by atoms with Gasteiger partial charge in [0.25, 0.3) is 0 Å². The van der Waals surface area contributed by atoms with Crippen molar-refractivity contribution in [3.8, 4) is 0 Å². The van der Waals surface area contributed by atoms with Crippen molar-refractivity contribution in [2.24, 2.45) is 11.3 Å². The van der Waals surface area contributed by atoms with Gasteiger partial charge in [-0.25, -0.2) is 0 Å². The van der Waals surface area contributed by atoms with Crippen molar-refractivity contribution in [1.82, 2.24) is 0 Å². The van der Waals surface area contributed by atoms with E-state index in [9.17, 15) is 0 Å². The average Bonchev–Trinajstić information content (AvgIpc) is 2.16. The lowest BCUT2D eigenvalue weighted by Crippen LogP contribution is -2.56. The Morgan fingerprint density at radius 1 is 1.07 bits per heavy atom. The Morgan fingerprint density at radius 2 is 1.60 bits per heavy atom. The van der Waals surface area contributed by atoms with Gasteiger partial charge in [-0.15, -0.1) is 0 Å². The van der Waals surface area contributed by atoms with Crippen molar-refractivity contribution in [3.05, 3.63) is 0 Å². The lowest BCUT2D eigenvalue weighted by atomic mass is 10.1. The van der Waals surface area contributed by atoms with Crippen LogP contribution in [0.15, 0.2) is 0 Å². The zero-order chi connectivity index (χ0) is 11.7. The van der Waals surface area contributed by atoms with Crippen LogP contribution in [0.5, 0.6) is 0 Å². The first kappa shape index (κ1) is 15.1. The molecule has 0 heterocycles. The van der Waals surface area contributed by atoms with Gasteiger partial charge in [0.05, 0.1) is 0 Å². The van der Waals surface area contributed by atoms with E-state index >= 15 is 0 Å². The summed E-state index contributed by atoms with van der Waals surface area (Å²) < 4.78 is 16.3. The summed E-state index contributed by atoms with van der Waals surface area (Å²) in [5.74, 6) is 0.506. The van der Waals surface area contributed by atoms with Crippen LogP contribution in [0.25, 0.3) is 0 Å². The molecule has 15 heavy (non-hydrogen) atoms. The molecule has 0 fully saturated rings. The van der Waals surface area contributed by atoms with Crippen LogP contribution in [-0.2, 0) is 13.3 Å². The zero-order valence-electron chi connectivity index (χ0n) is 10.4. The second-order valence-corrected chi connectivity index (χ2v) is 5.75. The Labute approximate surface area is 94.5 Å². The number of nitrogens with two attached hydrogens (primary N) is 1. The predicted octanol–water partition coefficient (Wildman–Crippen LogP) is 1.91. The van der Waals surface area contributed by atoms with E-state index in [0.717, 1.165) is 12.8 Å². The molecule has 0 aliphatic carbocycles. The molecule has 4 nitrogen and oxygen atoms in total. The zero-order valence-corrected chi connectivity index (χ0v) is 11.4. The quantitative estimate of drug-likeness (QED) is 0.620. The Bertz CT molecular complexity index is 152. The Balaban J connectivity index is 3.93. The summed E-state index contributed by atoms with van der Waals surface area (Å²) in [6.07, 6.45) is 2.30. The van der Waals surface area contributed by atoms with Crippen LogP contribution in [-0.4, -0.2) is 28.8 Å². The summed E-state index contributed by atoms with van der Waals surface area (Å²) in [7, 11) is -2.84. The Hall–Kier alpha value is 0.0569. The second-order valence-electron chi connectivity index (χ2n) is 3.67. The molecule has 0 rings (SSSR count). The van der Waals surface area contributed by atoms with E-state index in [-0.39, 0.29) is 0 Å². The first-order valence-corrected chi connectivity index (χ1v) is 7.58. The molecule has 0 aliphatic heterocycles. The minimum absolute atomic E-state index is 0.506. The van der Waals surface area contributed by atoms with Gasteiger partial charge in [-0.1, -0.05) is 20.3 Å². The number of hydrogen-bond acceptors (Lipinski definition) is 4. The fourth-order valence-electron chi connectivity index (χ4n) is 1.36. The summed E-state index contributed by atoms with van der Waals surface area (Å²) >= 11 is 0. The van der Waals surface area contributed by atoms with Crippen molar-refractivity contribution < 1.29 is 13.3 Å². The number of rotatable bonds is 9.